The molecule has 0 spiro atoms. The Morgan fingerprint density at radius 1 is 0.974 bits per heavy atom. The van der Waals surface area contributed by atoms with Crippen molar-refractivity contribution in [3.8, 4) is 0 Å². The molecular formula is C28H33F2N5O4. The van der Waals surface area contributed by atoms with Crippen molar-refractivity contribution >= 4 is 23.6 Å². The van der Waals surface area contributed by atoms with Crippen LogP contribution in [-0.2, 0) is 4.79 Å². The molecule has 3 atom stereocenters. The van der Waals surface area contributed by atoms with Crippen LogP contribution in [0.25, 0.3) is 0 Å². The molecule has 2 aromatic rings. The summed E-state index contributed by atoms with van der Waals surface area (Å²) in [5, 5.41) is 7.72. The molecule has 39 heavy (non-hydrogen) atoms. The summed E-state index contributed by atoms with van der Waals surface area (Å²) in [6.45, 7) is 5.12. The zero-order valence-electron chi connectivity index (χ0n) is 22.2. The number of alkyl halides is 2. The fourth-order valence-electron chi connectivity index (χ4n) is 4.86. The van der Waals surface area contributed by atoms with Crippen LogP contribution in [0, 0.1) is 0 Å². The number of nitrogens with one attached hydrogen (secondary N) is 3. The number of hydrogen-bond donors (Lipinski definition) is 3. The predicted octanol–water partition coefficient (Wildman–Crippen LogP) is 3.23. The number of amides is 4. The van der Waals surface area contributed by atoms with Crippen molar-refractivity contribution in [3.63, 3.8) is 0 Å². The highest BCUT2D eigenvalue weighted by Gasteiger charge is 2.51. The number of carbonyl (C=O) groups excluding carboxylic acids is 4. The molecule has 1 aliphatic heterocycles. The molecule has 2 fully saturated rings. The zero-order valence-corrected chi connectivity index (χ0v) is 22.2. The Hall–Kier alpha value is -3.89. The van der Waals surface area contributed by atoms with Gasteiger partial charge in [0.1, 0.15) is 5.54 Å². The molecular weight excluding hydrogens is 508 g/mol. The van der Waals surface area contributed by atoms with E-state index in [9.17, 15) is 28.0 Å². The van der Waals surface area contributed by atoms with E-state index in [1.165, 1.54) is 18.5 Å². The van der Waals surface area contributed by atoms with Crippen LogP contribution in [0.4, 0.5) is 8.78 Å². The van der Waals surface area contributed by atoms with Crippen LogP contribution in [-0.4, -0.2) is 64.1 Å². The fraction of sp³-hybridized carbons (Fsp3) is 0.464. The van der Waals surface area contributed by atoms with Gasteiger partial charge in [-0.1, -0.05) is 12.1 Å². The standard InChI is InChI=1S/C28H33F2N5O4/c1-16-4-5-17(2)35(16)26(38)20-8-6-19(7-9-20)18(3)33-27(39)28(10-11-28)34-25(37)22-12-21(13-31-14-22)24(36)32-15-23(29)30/h6-9,12-14,16-18,23H,4-5,10-11,15H2,1-3H3,(H,32,36)(H,33,39)(H,34,37)/t16?,17?,18-/m1/s1. The maximum Gasteiger partial charge on any atom is 0.255 e. The lowest BCUT2D eigenvalue weighted by atomic mass is 10.0. The molecule has 4 rings (SSSR count). The SMILES string of the molecule is CC1CCC(C)N1C(=O)c1ccc([C@@H](C)NC(=O)C2(NC(=O)c3cncc(C(=O)NCC(F)F)c3)CC2)cc1. The van der Waals surface area contributed by atoms with Gasteiger partial charge < -0.3 is 20.9 Å². The smallest absolute Gasteiger partial charge is 0.255 e. The van der Waals surface area contributed by atoms with Crippen LogP contribution >= 0.6 is 0 Å². The molecule has 4 amide bonds. The van der Waals surface area contributed by atoms with E-state index in [-0.39, 0.29) is 41.1 Å². The maximum absolute atomic E-state index is 13.1. The Morgan fingerprint density at radius 2 is 1.56 bits per heavy atom. The van der Waals surface area contributed by atoms with Gasteiger partial charge in [0.25, 0.3) is 24.1 Å². The molecule has 2 heterocycles. The lowest BCUT2D eigenvalue weighted by Gasteiger charge is -2.26. The van der Waals surface area contributed by atoms with Crippen LogP contribution in [0.1, 0.15) is 89.1 Å². The van der Waals surface area contributed by atoms with Crippen LogP contribution in [0.2, 0.25) is 0 Å². The summed E-state index contributed by atoms with van der Waals surface area (Å²) in [5.41, 5.74) is 0.325. The van der Waals surface area contributed by atoms with Gasteiger partial charge in [-0.3, -0.25) is 24.2 Å². The lowest BCUT2D eigenvalue weighted by Crippen LogP contribution is -2.49. The van der Waals surface area contributed by atoms with E-state index >= 15 is 0 Å². The van der Waals surface area contributed by atoms with Crippen molar-refractivity contribution in [1.29, 1.82) is 0 Å². The lowest BCUT2D eigenvalue weighted by molar-refractivity contribution is -0.124. The quantitative estimate of drug-likeness (QED) is 0.450. The first-order valence-electron chi connectivity index (χ1n) is 13.1. The van der Waals surface area contributed by atoms with Crippen LogP contribution in [0.3, 0.4) is 0 Å². The Bertz CT molecular complexity index is 1240. The number of rotatable bonds is 9. The molecule has 2 aliphatic rings. The zero-order chi connectivity index (χ0) is 28.3. The minimum Gasteiger partial charge on any atom is -0.348 e. The van der Waals surface area contributed by atoms with Gasteiger partial charge in [-0.25, -0.2) is 8.78 Å². The predicted molar refractivity (Wildman–Crippen MR) is 139 cm³/mol. The van der Waals surface area contributed by atoms with E-state index in [0.717, 1.165) is 18.4 Å². The monoisotopic (exact) mass is 541 g/mol. The average molecular weight is 542 g/mol. The Balaban J connectivity index is 1.35. The first-order chi connectivity index (χ1) is 18.5. The summed E-state index contributed by atoms with van der Waals surface area (Å²) in [5.74, 6) is -1.72. The van der Waals surface area contributed by atoms with E-state index in [1.807, 2.05) is 24.0 Å². The summed E-state index contributed by atoms with van der Waals surface area (Å²) in [7, 11) is 0. The van der Waals surface area contributed by atoms with E-state index in [2.05, 4.69) is 34.8 Å². The van der Waals surface area contributed by atoms with Crippen molar-refractivity contribution in [2.45, 2.75) is 76.5 Å². The highest BCUT2D eigenvalue weighted by molar-refractivity contribution is 6.02. The second-order valence-electron chi connectivity index (χ2n) is 10.4. The van der Waals surface area contributed by atoms with Crippen LogP contribution < -0.4 is 16.0 Å². The van der Waals surface area contributed by atoms with Gasteiger partial charge in [-0.15, -0.1) is 0 Å². The molecule has 0 radical (unpaired) electrons. The van der Waals surface area contributed by atoms with Gasteiger partial charge in [-0.2, -0.15) is 0 Å². The van der Waals surface area contributed by atoms with Crippen molar-refractivity contribution in [1.82, 2.24) is 25.8 Å². The third kappa shape index (κ3) is 6.40. The first kappa shape index (κ1) is 28.1. The second-order valence-corrected chi connectivity index (χ2v) is 10.4. The number of carbonyl (C=O) groups is 4. The van der Waals surface area contributed by atoms with E-state index in [4.69, 9.17) is 0 Å². The molecule has 9 nitrogen and oxygen atoms in total. The largest absolute Gasteiger partial charge is 0.348 e. The second kappa shape index (κ2) is 11.5. The van der Waals surface area contributed by atoms with E-state index in [1.54, 1.807) is 12.1 Å². The number of likely N-dealkylation sites (tertiary alicyclic amines) is 1. The first-order valence-corrected chi connectivity index (χ1v) is 13.1. The van der Waals surface area contributed by atoms with E-state index < -0.39 is 30.3 Å². The highest BCUT2D eigenvalue weighted by atomic mass is 19.3. The van der Waals surface area contributed by atoms with Crippen molar-refractivity contribution < 1.29 is 28.0 Å². The number of nitrogens with zero attached hydrogens (tertiary/aromatic N) is 2. The summed E-state index contributed by atoms with van der Waals surface area (Å²) >= 11 is 0. The molecule has 208 valence electrons. The molecule has 1 aromatic carbocycles. The molecule has 1 aliphatic carbocycles. The van der Waals surface area contributed by atoms with Crippen LogP contribution in [0.15, 0.2) is 42.7 Å². The summed E-state index contributed by atoms with van der Waals surface area (Å²) in [4.78, 5) is 56.7. The topological polar surface area (TPSA) is 120 Å². The molecule has 0 bridgehead atoms. The number of benzene rings is 1. The molecule has 11 heteroatoms. The van der Waals surface area contributed by atoms with Crippen molar-refractivity contribution in [2.75, 3.05) is 6.54 Å². The maximum atomic E-state index is 13.1. The van der Waals surface area contributed by atoms with Gasteiger partial charge in [-0.05, 0) is 70.2 Å². The minimum absolute atomic E-state index is 0.000413. The molecule has 1 saturated heterocycles. The van der Waals surface area contributed by atoms with Gasteiger partial charge >= 0.3 is 0 Å². The number of halogens is 2. The van der Waals surface area contributed by atoms with Gasteiger partial charge in [0, 0.05) is 30.0 Å². The van der Waals surface area contributed by atoms with Gasteiger partial charge in [0.2, 0.25) is 5.91 Å². The van der Waals surface area contributed by atoms with Crippen molar-refractivity contribution in [3.05, 3.63) is 65.0 Å². The summed E-state index contributed by atoms with van der Waals surface area (Å²) < 4.78 is 24.7. The normalized spacial score (nSPS) is 20.3. The Kier molecular flexibility index (Phi) is 8.27. The number of pyridine rings is 1. The van der Waals surface area contributed by atoms with E-state index in [0.29, 0.717) is 18.4 Å². The average Bonchev–Trinajstić information content (AvgIpc) is 3.63. The molecule has 3 N–H and O–H groups in total. The summed E-state index contributed by atoms with van der Waals surface area (Å²) in [6.07, 6.45) is 2.58. The van der Waals surface area contributed by atoms with Crippen molar-refractivity contribution in [2.24, 2.45) is 0 Å². The minimum atomic E-state index is -2.70. The van der Waals surface area contributed by atoms with Crippen LogP contribution in [0.5, 0.6) is 0 Å². The fourth-order valence-corrected chi connectivity index (χ4v) is 4.86. The number of aromatic nitrogens is 1. The summed E-state index contributed by atoms with van der Waals surface area (Å²) in [6, 6.07) is 8.45. The Morgan fingerprint density at radius 3 is 2.13 bits per heavy atom. The van der Waals surface area contributed by atoms with Gasteiger partial charge in [0.05, 0.1) is 23.7 Å². The molecule has 1 aromatic heterocycles. The molecule has 1 saturated carbocycles. The third-order valence-corrected chi connectivity index (χ3v) is 7.41. The van der Waals surface area contributed by atoms with Gasteiger partial charge in [0.15, 0.2) is 0 Å². The Labute approximate surface area is 225 Å². The highest BCUT2D eigenvalue weighted by Crippen LogP contribution is 2.36. The number of hydrogen-bond acceptors (Lipinski definition) is 5. The molecule has 2 unspecified atom stereocenters. The third-order valence-electron chi connectivity index (χ3n) is 7.41.